The van der Waals surface area contributed by atoms with Crippen LogP contribution < -0.4 is 5.73 Å². The second kappa shape index (κ2) is 4.21. The van der Waals surface area contributed by atoms with Crippen molar-refractivity contribution in [2.24, 2.45) is 5.73 Å². The molecule has 4 N–H and O–H groups in total. The smallest absolute Gasteiger partial charge is 0.335 e. The van der Waals surface area contributed by atoms with Crippen LogP contribution in [0.2, 0.25) is 0 Å². The Morgan fingerprint density at radius 1 is 1.57 bits per heavy atom. The highest BCUT2D eigenvalue weighted by atomic mass is 16.4. The summed E-state index contributed by atoms with van der Waals surface area (Å²) in [7, 11) is 0. The molecule has 0 unspecified atom stereocenters. The largest absolute Gasteiger partial charge is 0.478 e. The maximum absolute atomic E-state index is 10.6. The number of hydrogen-bond acceptors (Lipinski definition) is 3. The molecule has 1 aromatic carbocycles. The number of aliphatic hydroxyl groups excluding tert-OH is 1. The van der Waals surface area contributed by atoms with Gasteiger partial charge in [-0.2, -0.15) is 0 Å². The molecule has 0 aliphatic carbocycles. The van der Waals surface area contributed by atoms with Crippen LogP contribution in [0.25, 0.3) is 0 Å². The number of rotatable bonds is 3. The average molecular weight is 195 g/mol. The van der Waals surface area contributed by atoms with E-state index in [2.05, 4.69) is 0 Å². The van der Waals surface area contributed by atoms with E-state index in [1.807, 2.05) is 0 Å². The van der Waals surface area contributed by atoms with Gasteiger partial charge in [-0.25, -0.2) is 4.79 Å². The number of aromatic carboxylic acids is 1. The number of nitrogens with two attached hydrogens (primary N) is 1. The molecule has 76 valence electrons. The number of hydrogen-bond donors (Lipinski definition) is 3. The maximum atomic E-state index is 10.6. The minimum Gasteiger partial charge on any atom is -0.478 e. The number of carboxylic acid groups (broad SMARTS) is 1. The fraction of sp³-hybridized carbons (Fsp3) is 0.300. The van der Waals surface area contributed by atoms with Crippen molar-refractivity contribution >= 4 is 5.97 Å². The van der Waals surface area contributed by atoms with Gasteiger partial charge >= 0.3 is 5.97 Å². The Labute approximate surface area is 82.0 Å². The first-order valence-corrected chi connectivity index (χ1v) is 4.26. The van der Waals surface area contributed by atoms with E-state index in [4.69, 9.17) is 15.9 Å². The Balaban J connectivity index is 3.07. The molecule has 0 heterocycles. The van der Waals surface area contributed by atoms with Gasteiger partial charge in [-0.3, -0.25) is 0 Å². The minimum atomic E-state index is -0.961. The van der Waals surface area contributed by atoms with E-state index < -0.39 is 12.0 Å². The van der Waals surface area contributed by atoms with Crippen molar-refractivity contribution in [3.05, 3.63) is 34.9 Å². The van der Waals surface area contributed by atoms with Crippen LogP contribution in [0.3, 0.4) is 0 Å². The second-order valence-corrected chi connectivity index (χ2v) is 3.17. The zero-order valence-corrected chi connectivity index (χ0v) is 7.90. The fourth-order valence-electron chi connectivity index (χ4n) is 1.32. The third kappa shape index (κ3) is 2.10. The highest BCUT2D eigenvalue weighted by Crippen LogP contribution is 2.16. The number of carboxylic acids is 1. The zero-order valence-electron chi connectivity index (χ0n) is 7.90. The Morgan fingerprint density at radius 3 is 2.64 bits per heavy atom. The van der Waals surface area contributed by atoms with Crippen molar-refractivity contribution in [1.29, 1.82) is 0 Å². The molecule has 0 amide bonds. The van der Waals surface area contributed by atoms with E-state index in [0.717, 1.165) is 11.1 Å². The van der Waals surface area contributed by atoms with Crippen molar-refractivity contribution in [2.75, 3.05) is 6.61 Å². The van der Waals surface area contributed by atoms with Gasteiger partial charge in [0.2, 0.25) is 0 Å². The van der Waals surface area contributed by atoms with Crippen LogP contribution in [0.5, 0.6) is 0 Å². The maximum Gasteiger partial charge on any atom is 0.335 e. The summed E-state index contributed by atoms with van der Waals surface area (Å²) in [5.74, 6) is -0.961. The summed E-state index contributed by atoms with van der Waals surface area (Å²) < 4.78 is 0. The standard InChI is InChI=1S/C10H13NO3/c1-6-4-7(10(13)14)2-3-8(6)9(11)5-12/h2-4,9,12H,5,11H2,1H3,(H,13,14)/t9-/m0/s1. The lowest BCUT2D eigenvalue weighted by atomic mass is 10.00. The summed E-state index contributed by atoms with van der Waals surface area (Å²) in [5.41, 5.74) is 7.42. The van der Waals surface area contributed by atoms with Crippen molar-refractivity contribution in [2.45, 2.75) is 13.0 Å². The number of aryl methyl sites for hydroxylation is 1. The summed E-state index contributed by atoms with van der Waals surface area (Å²) in [6, 6.07) is 4.23. The predicted octanol–water partition coefficient (Wildman–Crippen LogP) is 0.685. The van der Waals surface area contributed by atoms with E-state index in [1.165, 1.54) is 6.07 Å². The molecule has 1 atom stereocenters. The van der Waals surface area contributed by atoms with E-state index in [9.17, 15) is 4.79 Å². The van der Waals surface area contributed by atoms with E-state index in [0.29, 0.717) is 0 Å². The molecule has 4 nitrogen and oxygen atoms in total. The molecular weight excluding hydrogens is 182 g/mol. The fourth-order valence-corrected chi connectivity index (χ4v) is 1.32. The molecule has 0 spiro atoms. The van der Waals surface area contributed by atoms with Crippen LogP contribution in [-0.2, 0) is 0 Å². The van der Waals surface area contributed by atoms with Crippen LogP contribution in [-0.4, -0.2) is 22.8 Å². The van der Waals surface area contributed by atoms with Gasteiger partial charge in [-0.05, 0) is 30.2 Å². The Kier molecular flexibility index (Phi) is 3.22. The van der Waals surface area contributed by atoms with Crippen LogP contribution in [0.4, 0.5) is 0 Å². The molecule has 14 heavy (non-hydrogen) atoms. The lowest BCUT2D eigenvalue weighted by Crippen LogP contribution is -2.16. The monoisotopic (exact) mass is 195 g/mol. The zero-order chi connectivity index (χ0) is 10.7. The van der Waals surface area contributed by atoms with Gasteiger partial charge in [0.05, 0.1) is 18.2 Å². The van der Waals surface area contributed by atoms with Gasteiger partial charge in [0.15, 0.2) is 0 Å². The highest BCUT2D eigenvalue weighted by molar-refractivity contribution is 5.87. The Morgan fingerprint density at radius 2 is 2.21 bits per heavy atom. The summed E-state index contributed by atoms with van der Waals surface area (Å²) in [4.78, 5) is 10.6. The molecule has 0 aliphatic heterocycles. The normalized spacial score (nSPS) is 12.5. The quantitative estimate of drug-likeness (QED) is 0.662. The van der Waals surface area contributed by atoms with Gasteiger partial charge in [-0.1, -0.05) is 6.07 Å². The van der Waals surface area contributed by atoms with Gasteiger partial charge in [-0.15, -0.1) is 0 Å². The summed E-state index contributed by atoms with van der Waals surface area (Å²) in [6.45, 7) is 1.63. The molecule has 0 saturated heterocycles. The first-order valence-electron chi connectivity index (χ1n) is 4.26. The first-order chi connectivity index (χ1) is 6.56. The van der Waals surface area contributed by atoms with E-state index >= 15 is 0 Å². The Hall–Kier alpha value is -1.39. The number of aliphatic hydroxyl groups is 1. The van der Waals surface area contributed by atoms with Gasteiger partial charge in [0.1, 0.15) is 0 Å². The van der Waals surface area contributed by atoms with Crippen molar-refractivity contribution in [1.82, 2.24) is 0 Å². The molecule has 0 aromatic heterocycles. The number of benzene rings is 1. The highest BCUT2D eigenvalue weighted by Gasteiger charge is 2.10. The first kappa shape index (κ1) is 10.7. The molecule has 0 fully saturated rings. The van der Waals surface area contributed by atoms with Gasteiger partial charge in [0, 0.05) is 0 Å². The molecule has 0 saturated carbocycles. The molecule has 1 aromatic rings. The Bertz CT molecular complexity index is 349. The van der Waals surface area contributed by atoms with Gasteiger partial charge < -0.3 is 15.9 Å². The third-order valence-electron chi connectivity index (χ3n) is 2.11. The predicted molar refractivity (Wildman–Crippen MR) is 52.2 cm³/mol. The summed E-state index contributed by atoms with van der Waals surface area (Å²) in [5, 5.41) is 17.6. The molecule has 1 rings (SSSR count). The third-order valence-corrected chi connectivity index (χ3v) is 2.11. The van der Waals surface area contributed by atoms with Crippen molar-refractivity contribution in [3.63, 3.8) is 0 Å². The van der Waals surface area contributed by atoms with Crippen molar-refractivity contribution < 1.29 is 15.0 Å². The lowest BCUT2D eigenvalue weighted by Gasteiger charge is -2.12. The molecule has 0 radical (unpaired) electrons. The molecule has 0 aliphatic rings. The minimum absolute atomic E-state index is 0.146. The van der Waals surface area contributed by atoms with Gasteiger partial charge in [0.25, 0.3) is 0 Å². The molecule has 4 heteroatoms. The topological polar surface area (TPSA) is 83.5 Å². The van der Waals surface area contributed by atoms with Crippen LogP contribution in [0, 0.1) is 6.92 Å². The summed E-state index contributed by atoms with van der Waals surface area (Å²) in [6.07, 6.45) is 0. The van der Waals surface area contributed by atoms with E-state index in [-0.39, 0.29) is 12.2 Å². The molecule has 0 bridgehead atoms. The average Bonchev–Trinajstić information content (AvgIpc) is 2.16. The van der Waals surface area contributed by atoms with E-state index in [1.54, 1.807) is 19.1 Å². The van der Waals surface area contributed by atoms with Crippen LogP contribution in [0.15, 0.2) is 18.2 Å². The SMILES string of the molecule is Cc1cc(C(=O)O)ccc1[C@@H](N)CO. The molecular formula is C10H13NO3. The van der Waals surface area contributed by atoms with Crippen molar-refractivity contribution in [3.8, 4) is 0 Å². The number of carbonyl (C=O) groups is 1. The van der Waals surface area contributed by atoms with Crippen LogP contribution >= 0.6 is 0 Å². The lowest BCUT2D eigenvalue weighted by molar-refractivity contribution is 0.0697. The second-order valence-electron chi connectivity index (χ2n) is 3.17. The van der Waals surface area contributed by atoms with Crippen LogP contribution in [0.1, 0.15) is 27.5 Å². The summed E-state index contributed by atoms with van der Waals surface area (Å²) >= 11 is 0.